The van der Waals surface area contributed by atoms with Crippen LogP contribution in [0.3, 0.4) is 0 Å². The minimum absolute atomic E-state index is 0.236. The highest BCUT2D eigenvalue weighted by Crippen LogP contribution is 2.21. The zero-order chi connectivity index (χ0) is 13.8. The van der Waals surface area contributed by atoms with Crippen LogP contribution in [0.5, 0.6) is 0 Å². The summed E-state index contributed by atoms with van der Waals surface area (Å²) in [7, 11) is 3.75. The fraction of sp³-hybridized carbons (Fsp3) is 0.750. The van der Waals surface area contributed by atoms with Crippen LogP contribution in [0.4, 0.5) is 17.8 Å². The Labute approximate surface area is 113 Å². The van der Waals surface area contributed by atoms with E-state index in [4.69, 9.17) is 10.5 Å². The van der Waals surface area contributed by atoms with E-state index in [2.05, 4.69) is 27.2 Å². The van der Waals surface area contributed by atoms with Crippen molar-refractivity contribution in [3.63, 3.8) is 0 Å². The van der Waals surface area contributed by atoms with Gasteiger partial charge in [0.05, 0.1) is 0 Å². The van der Waals surface area contributed by atoms with E-state index in [1.165, 1.54) is 0 Å². The van der Waals surface area contributed by atoms with Crippen LogP contribution < -0.4 is 16.0 Å². The molecule has 1 aromatic rings. The maximum atomic E-state index is 5.70. The second-order valence-corrected chi connectivity index (χ2v) is 5.09. The molecule has 1 atom stereocenters. The van der Waals surface area contributed by atoms with Crippen molar-refractivity contribution in [2.75, 3.05) is 43.3 Å². The SMILES string of the molecule is CC(Nc1nc(N)nc(N(C)C)n1)C1CCOCC1. The quantitative estimate of drug-likeness (QED) is 0.831. The molecule has 7 heteroatoms. The highest BCUT2D eigenvalue weighted by atomic mass is 16.5. The molecule has 1 aromatic heterocycles. The second-order valence-electron chi connectivity index (χ2n) is 5.09. The van der Waals surface area contributed by atoms with E-state index < -0.39 is 0 Å². The Kier molecular flexibility index (Phi) is 4.36. The second kappa shape index (κ2) is 6.01. The summed E-state index contributed by atoms with van der Waals surface area (Å²) in [4.78, 5) is 14.4. The topological polar surface area (TPSA) is 89.2 Å². The fourth-order valence-electron chi connectivity index (χ4n) is 2.18. The molecule has 7 nitrogen and oxygen atoms in total. The number of hydrogen-bond donors (Lipinski definition) is 2. The molecule has 0 amide bonds. The van der Waals surface area contributed by atoms with Gasteiger partial charge in [-0.1, -0.05) is 0 Å². The fourth-order valence-corrected chi connectivity index (χ4v) is 2.18. The molecular weight excluding hydrogens is 244 g/mol. The molecule has 1 aliphatic heterocycles. The zero-order valence-electron chi connectivity index (χ0n) is 11.8. The maximum Gasteiger partial charge on any atom is 0.231 e. The Morgan fingerprint density at radius 2 is 1.95 bits per heavy atom. The number of ether oxygens (including phenoxy) is 1. The first-order valence-corrected chi connectivity index (χ1v) is 6.59. The van der Waals surface area contributed by atoms with Gasteiger partial charge in [0.25, 0.3) is 0 Å². The van der Waals surface area contributed by atoms with Crippen molar-refractivity contribution in [2.24, 2.45) is 5.92 Å². The Morgan fingerprint density at radius 3 is 2.58 bits per heavy atom. The van der Waals surface area contributed by atoms with Crippen molar-refractivity contribution < 1.29 is 4.74 Å². The number of nitrogens with zero attached hydrogens (tertiary/aromatic N) is 4. The van der Waals surface area contributed by atoms with Crippen molar-refractivity contribution in [1.29, 1.82) is 0 Å². The molecule has 1 saturated heterocycles. The first-order valence-electron chi connectivity index (χ1n) is 6.59. The minimum atomic E-state index is 0.236. The number of nitrogens with two attached hydrogens (primary N) is 1. The molecule has 1 fully saturated rings. The standard InChI is InChI=1S/C12H22N6O/c1-8(9-4-6-19-7-5-9)14-11-15-10(13)16-12(17-11)18(2)3/h8-9H,4-7H2,1-3H3,(H3,13,14,15,16,17). The van der Waals surface area contributed by atoms with Gasteiger partial charge in [-0.15, -0.1) is 0 Å². The molecule has 0 aromatic carbocycles. The van der Waals surface area contributed by atoms with Gasteiger partial charge in [-0.25, -0.2) is 0 Å². The molecule has 2 heterocycles. The van der Waals surface area contributed by atoms with Crippen molar-refractivity contribution in [3.05, 3.63) is 0 Å². The van der Waals surface area contributed by atoms with Gasteiger partial charge in [-0.2, -0.15) is 15.0 Å². The summed E-state index contributed by atoms with van der Waals surface area (Å²) >= 11 is 0. The summed E-state index contributed by atoms with van der Waals surface area (Å²) in [6.45, 7) is 3.81. The molecule has 106 valence electrons. The molecule has 0 bridgehead atoms. The summed E-state index contributed by atoms with van der Waals surface area (Å²) in [5.74, 6) is 1.92. The third kappa shape index (κ3) is 3.66. The van der Waals surface area contributed by atoms with E-state index in [0.717, 1.165) is 26.1 Å². The van der Waals surface area contributed by atoms with E-state index in [-0.39, 0.29) is 5.95 Å². The number of nitrogen functional groups attached to an aromatic ring is 1. The predicted octanol–water partition coefficient (Wildman–Crippen LogP) is 0.747. The van der Waals surface area contributed by atoms with Crippen LogP contribution in [0.2, 0.25) is 0 Å². The lowest BCUT2D eigenvalue weighted by molar-refractivity contribution is 0.0621. The molecule has 1 unspecified atom stereocenters. The van der Waals surface area contributed by atoms with Crippen molar-refractivity contribution in [2.45, 2.75) is 25.8 Å². The number of hydrogen-bond acceptors (Lipinski definition) is 7. The van der Waals surface area contributed by atoms with Crippen LogP contribution in [0.15, 0.2) is 0 Å². The average Bonchev–Trinajstić information content (AvgIpc) is 2.39. The summed E-state index contributed by atoms with van der Waals surface area (Å²) in [6, 6.07) is 0.292. The van der Waals surface area contributed by atoms with Crippen LogP contribution in [0.25, 0.3) is 0 Å². The molecule has 0 saturated carbocycles. The smallest absolute Gasteiger partial charge is 0.231 e. The zero-order valence-corrected chi connectivity index (χ0v) is 11.8. The highest BCUT2D eigenvalue weighted by Gasteiger charge is 2.21. The first kappa shape index (κ1) is 13.8. The van der Waals surface area contributed by atoms with Crippen LogP contribution in [0.1, 0.15) is 19.8 Å². The number of nitrogens with one attached hydrogen (secondary N) is 1. The normalized spacial score (nSPS) is 18.1. The summed E-state index contributed by atoms with van der Waals surface area (Å²) in [5, 5.41) is 3.32. The molecule has 0 aliphatic carbocycles. The van der Waals surface area contributed by atoms with E-state index in [0.29, 0.717) is 23.9 Å². The molecule has 19 heavy (non-hydrogen) atoms. The molecule has 0 radical (unpaired) electrons. The van der Waals surface area contributed by atoms with Crippen LogP contribution >= 0.6 is 0 Å². The lowest BCUT2D eigenvalue weighted by atomic mass is 9.93. The van der Waals surface area contributed by atoms with E-state index in [9.17, 15) is 0 Å². The lowest BCUT2D eigenvalue weighted by Gasteiger charge is -2.28. The highest BCUT2D eigenvalue weighted by molar-refractivity contribution is 5.41. The first-order chi connectivity index (χ1) is 9.06. The van der Waals surface area contributed by atoms with E-state index >= 15 is 0 Å². The van der Waals surface area contributed by atoms with Crippen LogP contribution in [-0.2, 0) is 4.74 Å². The van der Waals surface area contributed by atoms with Gasteiger partial charge in [-0.3, -0.25) is 0 Å². The lowest BCUT2D eigenvalue weighted by Crippen LogP contribution is -2.32. The van der Waals surface area contributed by atoms with Gasteiger partial charge in [0.2, 0.25) is 17.8 Å². The Morgan fingerprint density at radius 1 is 1.26 bits per heavy atom. The summed E-state index contributed by atoms with van der Waals surface area (Å²) in [5.41, 5.74) is 5.70. The minimum Gasteiger partial charge on any atom is -0.381 e. The van der Waals surface area contributed by atoms with Gasteiger partial charge in [0, 0.05) is 33.4 Å². The third-order valence-electron chi connectivity index (χ3n) is 3.37. The van der Waals surface area contributed by atoms with Crippen LogP contribution in [0, 0.1) is 5.92 Å². The molecule has 1 aliphatic rings. The van der Waals surface area contributed by atoms with Gasteiger partial charge in [-0.05, 0) is 25.7 Å². The Balaban J connectivity index is 2.05. The third-order valence-corrected chi connectivity index (χ3v) is 3.37. The van der Waals surface area contributed by atoms with Crippen molar-refractivity contribution in [3.8, 4) is 0 Å². The summed E-state index contributed by atoms with van der Waals surface area (Å²) in [6.07, 6.45) is 2.13. The van der Waals surface area contributed by atoms with Gasteiger partial charge in [0.1, 0.15) is 0 Å². The van der Waals surface area contributed by atoms with Crippen molar-refractivity contribution >= 4 is 17.8 Å². The number of rotatable bonds is 4. The molecule has 0 spiro atoms. The van der Waals surface area contributed by atoms with E-state index in [1.54, 1.807) is 0 Å². The maximum absolute atomic E-state index is 5.70. The average molecular weight is 266 g/mol. The van der Waals surface area contributed by atoms with E-state index in [1.807, 2.05) is 19.0 Å². The van der Waals surface area contributed by atoms with Gasteiger partial charge in [0.15, 0.2) is 0 Å². The summed E-state index contributed by atoms with van der Waals surface area (Å²) < 4.78 is 5.37. The number of aromatic nitrogens is 3. The number of anilines is 3. The van der Waals surface area contributed by atoms with Crippen molar-refractivity contribution in [1.82, 2.24) is 15.0 Å². The molecule has 3 N–H and O–H groups in total. The Bertz CT molecular complexity index is 419. The van der Waals surface area contributed by atoms with Gasteiger partial charge >= 0.3 is 0 Å². The van der Waals surface area contributed by atoms with Gasteiger partial charge < -0.3 is 20.7 Å². The van der Waals surface area contributed by atoms with Crippen LogP contribution in [-0.4, -0.2) is 48.3 Å². The molecular formula is C12H22N6O. The largest absolute Gasteiger partial charge is 0.381 e. The monoisotopic (exact) mass is 266 g/mol. The molecule has 2 rings (SSSR count). The predicted molar refractivity (Wildman–Crippen MR) is 75.2 cm³/mol. The Hall–Kier alpha value is -1.63.